The lowest BCUT2D eigenvalue weighted by Crippen LogP contribution is -1.95. The van der Waals surface area contributed by atoms with Crippen molar-refractivity contribution < 1.29 is 10.2 Å². The lowest BCUT2D eigenvalue weighted by molar-refractivity contribution is 0.466. The molecule has 36 heavy (non-hydrogen) atoms. The monoisotopic (exact) mass is 484 g/mol. The number of rotatable bonds is 12. The summed E-state index contributed by atoms with van der Waals surface area (Å²) in [6.07, 6.45) is 11.2. The van der Waals surface area contributed by atoms with Crippen molar-refractivity contribution in [2.24, 2.45) is 9.98 Å². The second-order valence-electron chi connectivity index (χ2n) is 9.42. The van der Waals surface area contributed by atoms with Crippen LogP contribution in [0.25, 0.3) is 0 Å². The Bertz CT molecular complexity index is 1120. The molecule has 3 rings (SSSR count). The SMILES string of the molecule is CCCc1cc(C=Nc2cccc(N=Cc3cc(CCC)cc(CCC)c3O)c2)c(O)c(CCC)c1. The fourth-order valence-corrected chi connectivity index (χ4v) is 4.50. The van der Waals surface area contributed by atoms with Crippen LogP contribution in [-0.2, 0) is 25.7 Å². The highest BCUT2D eigenvalue weighted by atomic mass is 16.3. The maximum absolute atomic E-state index is 10.8. The number of hydrogen-bond donors (Lipinski definition) is 2. The summed E-state index contributed by atoms with van der Waals surface area (Å²) >= 11 is 0. The molecule has 0 saturated carbocycles. The van der Waals surface area contributed by atoms with Gasteiger partial charge < -0.3 is 10.2 Å². The molecule has 0 aliphatic carbocycles. The Morgan fingerprint density at radius 3 is 1.39 bits per heavy atom. The van der Waals surface area contributed by atoms with Gasteiger partial charge in [-0.1, -0.05) is 71.6 Å². The predicted octanol–water partition coefficient (Wildman–Crippen LogP) is 8.41. The van der Waals surface area contributed by atoms with Crippen LogP contribution < -0.4 is 0 Å². The molecule has 0 bridgehead atoms. The van der Waals surface area contributed by atoms with Crippen LogP contribution in [0.3, 0.4) is 0 Å². The van der Waals surface area contributed by atoms with Crippen LogP contribution in [0.5, 0.6) is 11.5 Å². The van der Waals surface area contributed by atoms with Crippen molar-refractivity contribution >= 4 is 23.8 Å². The van der Waals surface area contributed by atoms with E-state index in [4.69, 9.17) is 0 Å². The van der Waals surface area contributed by atoms with E-state index in [-0.39, 0.29) is 0 Å². The summed E-state index contributed by atoms with van der Waals surface area (Å²) in [5, 5.41) is 21.5. The molecule has 0 saturated heterocycles. The second-order valence-corrected chi connectivity index (χ2v) is 9.42. The van der Waals surface area contributed by atoms with Gasteiger partial charge in [0.2, 0.25) is 0 Å². The topological polar surface area (TPSA) is 65.2 Å². The van der Waals surface area contributed by atoms with Gasteiger partial charge in [0, 0.05) is 23.6 Å². The first-order valence-corrected chi connectivity index (χ1v) is 13.4. The molecule has 3 aromatic carbocycles. The van der Waals surface area contributed by atoms with Crippen molar-refractivity contribution in [3.63, 3.8) is 0 Å². The van der Waals surface area contributed by atoms with Gasteiger partial charge in [-0.15, -0.1) is 0 Å². The van der Waals surface area contributed by atoms with Crippen LogP contribution >= 0.6 is 0 Å². The number of nitrogens with zero attached hydrogens (tertiary/aromatic N) is 2. The first kappa shape index (κ1) is 27.2. The summed E-state index contributed by atoms with van der Waals surface area (Å²) in [6, 6.07) is 16.0. The maximum Gasteiger partial charge on any atom is 0.127 e. The number of aryl methyl sites for hydroxylation is 4. The standard InChI is InChI=1S/C32H40N2O2/c1-5-10-23-16-25(12-7-3)31(35)27(18-23)21-33-29-14-9-15-30(20-29)34-22-28-19-24(11-6-2)17-26(13-8-4)32(28)36/h9,14-22,35-36H,5-8,10-13H2,1-4H3. The van der Waals surface area contributed by atoms with E-state index in [0.29, 0.717) is 11.5 Å². The highest BCUT2D eigenvalue weighted by Gasteiger charge is 2.10. The first-order valence-electron chi connectivity index (χ1n) is 13.4. The van der Waals surface area contributed by atoms with Crippen LogP contribution in [-0.4, -0.2) is 22.6 Å². The van der Waals surface area contributed by atoms with Crippen LogP contribution in [0.15, 0.2) is 58.5 Å². The van der Waals surface area contributed by atoms with E-state index in [2.05, 4.69) is 49.8 Å². The highest BCUT2D eigenvalue weighted by molar-refractivity contribution is 5.88. The third kappa shape index (κ3) is 7.30. The quantitative estimate of drug-likeness (QED) is 0.253. The number of phenols is 2. The van der Waals surface area contributed by atoms with E-state index in [0.717, 1.165) is 85.0 Å². The molecule has 0 heterocycles. The number of aliphatic imine (C=N–C) groups is 2. The van der Waals surface area contributed by atoms with Crippen molar-refractivity contribution in [3.8, 4) is 11.5 Å². The first-order chi connectivity index (χ1) is 17.5. The molecule has 0 aliphatic rings. The van der Waals surface area contributed by atoms with Gasteiger partial charge in [0.05, 0.1) is 11.4 Å². The van der Waals surface area contributed by atoms with Crippen molar-refractivity contribution in [2.45, 2.75) is 79.1 Å². The van der Waals surface area contributed by atoms with Crippen molar-refractivity contribution in [3.05, 3.63) is 81.9 Å². The summed E-state index contributed by atoms with van der Waals surface area (Å²) in [5.74, 6) is 0.639. The van der Waals surface area contributed by atoms with E-state index < -0.39 is 0 Å². The molecule has 0 aromatic heterocycles. The molecule has 2 N–H and O–H groups in total. The molecule has 3 aromatic rings. The van der Waals surface area contributed by atoms with E-state index in [1.54, 1.807) is 12.4 Å². The van der Waals surface area contributed by atoms with Gasteiger partial charge in [0.15, 0.2) is 0 Å². The molecule has 4 heteroatoms. The third-order valence-corrected chi connectivity index (χ3v) is 6.21. The molecule has 0 atom stereocenters. The van der Waals surface area contributed by atoms with E-state index in [9.17, 15) is 10.2 Å². The van der Waals surface area contributed by atoms with Crippen LogP contribution in [0.4, 0.5) is 11.4 Å². The lowest BCUT2D eigenvalue weighted by atomic mass is 9.99. The Balaban J connectivity index is 1.87. The zero-order valence-corrected chi connectivity index (χ0v) is 22.2. The lowest BCUT2D eigenvalue weighted by Gasteiger charge is -2.10. The van der Waals surface area contributed by atoms with Crippen LogP contribution in [0.2, 0.25) is 0 Å². The van der Waals surface area contributed by atoms with Gasteiger partial charge in [-0.05, 0) is 78.3 Å². The largest absolute Gasteiger partial charge is 0.507 e. The second kappa shape index (κ2) is 13.6. The normalized spacial score (nSPS) is 11.7. The van der Waals surface area contributed by atoms with Gasteiger partial charge in [0.25, 0.3) is 0 Å². The molecule has 0 spiro atoms. The zero-order valence-electron chi connectivity index (χ0n) is 22.2. The molecule has 190 valence electrons. The fraction of sp³-hybridized carbons (Fsp3) is 0.375. The molecular formula is C32H40N2O2. The van der Waals surface area contributed by atoms with E-state index in [1.165, 1.54) is 11.1 Å². The van der Waals surface area contributed by atoms with Crippen molar-refractivity contribution in [1.82, 2.24) is 0 Å². The highest BCUT2D eigenvalue weighted by Crippen LogP contribution is 2.29. The number of benzene rings is 3. The molecule has 0 amide bonds. The third-order valence-electron chi connectivity index (χ3n) is 6.21. The summed E-state index contributed by atoms with van der Waals surface area (Å²) in [5.41, 5.74) is 7.44. The molecule has 0 fully saturated rings. The predicted molar refractivity (Wildman–Crippen MR) is 153 cm³/mol. The van der Waals surface area contributed by atoms with Gasteiger partial charge in [-0.3, -0.25) is 9.98 Å². The Hall–Kier alpha value is -3.40. The number of aromatic hydroxyl groups is 2. The molecular weight excluding hydrogens is 444 g/mol. The van der Waals surface area contributed by atoms with E-state index >= 15 is 0 Å². The zero-order chi connectivity index (χ0) is 25.9. The summed E-state index contributed by atoms with van der Waals surface area (Å²) in [6.45, 7) is 8.57. The minimum absolute atomic E-state index is 0.319. The summed E-state index contributed by atoms with van der Waals surface area (Å²) < 4.78 is 0. The van der Waals surface area contributed by atoms with Crippen LogP contribution in [0, 0.1) is 0 Å². The van der Waals surface area contributed by atoms with E-state index in [1.807, 2.05) is 36.4 Å². The van der Waals surface area contributed by atoms with Gasteiger partial charge in [0.1, 0.15) is 11.5 Å². The average molecular weight is 485 g/mol. The Kier molecular flexibility index (Phi) is 10.3. The van der Waals surface area contributed by atoms with Gasteiger partial charge in [-0.2, -0.15) is 0 Å². The number of phenolic OH excluding ortho intramolecular Hbond substituents is 2. The smallest absolute Gasteiger partial charge is 0.127 e. The summed E-state index contributed by atoms with van der Waals surface area (Å²) in [4.78, 5) is 9.28. The Morgan fingerprint density at radius 2 is 1.00 bits per heavy atom. The molecule has 0 radical (unpaired) electrons. The Morgan fingerprint density at radius 1 is 0.583 bits per heavy atom. The minimum atomic E-state index is 0.319. The van der Waals surface area contributed by atoms with Crippen LogP contribution in [0.1, 0.15) is 86.8 Å². The average Bonchev–Trinajstić information content (AvgIpc) is 2.87. The molecule has 4 nitrogen and oxygen atoms in total. The van der Waals surface area contributed by atoms with Crippen molar-refractivity contribution in [2.75, 3.05) is 0 Å². The summed E-state index contributed by atoms with van der Waals surface area (Å²) in [7, 11) is 0. The fourth-order valence-electron chi connectivity index (χ4n) is 4.50. The molecule has 0 unspecified atom stereocenters. The van der Waals surface area contributed by atoms with Gasteiger partial charge >= 0.3 is 0 Å². The number of hydrogen-bond acceptors (Lipinski definition) is 4. The minimum Gasteiger partial charge on any atom is -0.507 e. The Labute approximate surface area is 216 Å². The van der Waals surface area contributed by atoms with Gasteiger partial charge in [-0.25, -0.2) is 0 Å². The van der Waals surface area contributed by atoms with Crippen molar-refractivity contribution in [1.29, 1.82) is 0 Å². The maximum atomic E-state index is 10.8. The molecule has 0 aliphatic heterocycles.